The first-order chi connectivity index (χ1) is 33.1. The highest BCUT2D eigenvalue weighted by atomic mass is 14.2. The summed E-state index contributed by atoms with van der Waals surface area (Å²) in [4.78, 5) is 0. The summed E-state index contributed by atoms with van der Waals surface area (Å²) in [6.07, 6.45) is 0. The van der Waals surface area contributed by atoms with E-state index in [4.69, 9.17) is 24.7 Å². The second-order valence-electron chi connectivity index (χ2n) is 9.58. The van der Waals surface area contributed by atoms with Gasteiger partial charge < -0.3 is 0 Å². The van der Waals surface area contributed by atoms with Gasteiger partial charge in [0.1, 0.15) is 0 Å². The van der Waals surface area contributed by atoms with Crippen LogP contribution in [0.4, 0.5) is 0 Å². The highest BCUT2D eigenvalue weighted by Crippen LogP contribution is 2.47. The topological polar surface area (TPSA) is 0 Å². The third-order valence-corrected chi connectivity index (χ3v) is 7.26. The number of hydrogen-bond acceptors (Lipinski definition) is 0. The molecule has 9 aromatic rings. The van der Waals surface area contributed by atoms with Crippen LogP contribution in [0, 0.1) is 0 Å². The van der Waals surface area contributed by atoms with Crippen molar-refractivity contribution in [2.24, 2.45) is 0 Å². The molecule has 0 unspecified atom stereocenters. The van der Waals surface area contributed by atoms with E-state index in [2.05, 4.69) is 0 Å². The van der Waals surface area contributed by atoms with Crippen LogP contribution < -0.4 is 0 Å². The first-order valence-corrected chi connectivity index (χ1v) is 13.1. The van der Waals surface area contributed by atoms with Crippen LogP contribution in [-0.4, -0.2) is 0 Å². The monoisotopic (exact) mass is 583 g/mol. The van der Waals surface area contributed by atoms with Gasteiger partial charge in [-0.05, 0) is 93.3 Å². The average Bonchev–Trinajstić information content (AvgIpc) is 3.33. The average molecular weight is 584 g/mol. The minimum atomic E-state index is -1.08. The van der Waals surface area contributed by atoms with Crippen molar-refractivity contribution in [3.05, 3.63) is 169 Å². The Morgan fingerprint density at radius 2 is 0.727 bits per heavy atom. The van der Waals surface area contributed by atoms with Gasteiger partial charge in [0.05, 0.1) is 37.0 Å². The molecule has 0 nitrogen and oxygen atoms in total. The van der Waals surface area contributed by atoms with Gasteiger partial charge in [-0.1, -0.05) is 163 Å². The molecule has 0 aliphatic rings. The normalized spacial score (nSPS) is 20.2. The summed E-state index contributed by atoms with van der Waals surface area (Å²) < 4.78 is 244. The molecular weight excluding hydrogens is 528 g/mol. The Labute approximate surface area is 294 Å². The molecule has 0 spiro atoms. The van der Waals surface area contributed by atoms with Gasteiger partial charge >= 0.3 is 0 Å². The molecular formula is C44H28. The quantitative estimate of drug-likeness (QED) is 0.181. The van der Waals surface area contributed by atoms with Gasteiger partial charge in [0.2, 0.25) is 0 Å². The number of hydrogen-bond donors (Lipinski definition) is 0. The fourth-order valence-corrected chi connectivity index (χ4v) is 5.41. The van der Waals surface area contributed by atoms with E-state index in [0.29, 0.717) is 0 Å². The summed E-state index contributed by atoms with van der Waals surface area (Å²) in [6, 6.07) is -24.0. The lowest BCUT2D eigenvalue weighted by Crippen LogP contribution is -1.93. The molecule has 44 heavy (non-hydrogen) atoms. The van der Waals surface area contributed by atoms with E-state index in [1.54, 1.807) is 0 Å². The van der Waals surface area contributed by atoms with Crippen molar-refractivity contribution in [1.29, 1.82) is 0 Å². The fourth-order valence-electron chi connectivity index (χ4n) is 5.41. The van der Waals surface area contributed by atoms with E-state index in [0.717, 1.165) is 6.07 Å². The van der Waals surface area contributed by atoms with Gasteiger partial charge in [-0.2, -0.15) is 0 Å². The van der Waals surface area contributed by atoms with Gasteiger partial charge in [0.15, 0.2) is 0 Å². The van der Waals surface area contributed by atoms with Crippen molar-refractivity contribution >= 4 is 53.9 Å². The summed E-state index contributed by atoms with van der Waals surface area (Å²) in [7, 11) is 0. The molecule has 0 fully saturated rings. The molecule has 0 aliphatic carbocycles. The maximum atomic E-state index is 10.2. The third kappa shape index (κ3) is 3.78. The maximum absolute atomic E-state index is 10.2. The summed E-state index contributed by atoms with van der Waals surface area (Å²) >= 11 is 0. The Hall–Kier alpha value is -5.72. The predicted molar refractivity (Wildman–Crippen MR) is 190 cm³/mol. The summed E-state index contributed by atoms with van der Waals surface area (Å²) in [5.41, 5.74) is -4.50. The van der Waals surface area contributed by atoms with E-state index >= 15 is 0 Å². The van der Waals surface area contributed by atoms with E-state index in [1.807, 2.05) is 0 Å². The van der Waals surface area contributed by atoms with E-state index in [1.165, 1.54) is 0 Å². The molecule has 0 aromatic heterocycles. The van der Waals surface area contributed by atoms with Crippen LogP contribution in [0.2, 0.25) is 0 Å². The van der Waals surface area contributed by atoms with E-state index < -0.39 is 250 Å². The molecule has 9 aromatic carbocycles. The van der Waals surface area contributed by atoms with E-state index in [-0.39, 0.29) is 0 Å². The number of fused-ring (bicyclic) bond motifs is 5. The summed E-state index contributed by atoms with van der Waals surface area (Å²) in [5, 5.41) is -6.61. The molecule has 0 saturated heterocycles. The van der Waals surface area contributed by atoms with Crippen molar-refractivity contribution < 1.29 is 37.0 Å². The zero-order chi connectivity index (χ0) is 52.5. The fraction of sp³-hybridized carbons (Fsp3) is 0. The van der Waals surface area contributed by atoms with Crippen LogP contribution in [0.25, 0.3) is 87.2 Å². The molecule has 0 amide bonds. The van der Waals surface area contributed by atoms with Crippen molar-refractivity contribution in [2.75, 3.05) is 0 Å². The summed E-state index contributed by atoms with van der Waals surface area (Å²) in [6.45, 7) is 0. The van der Waals surface area contributed by atoms with E-state index in [9.17, 15) is 12.3 Å². The molecule has 9 rings (SSSR count). The van der Waals surface area contributed by atoms with Gasteiger partial charge in [-0.15, -0.1) is 0 Å². The lowest BCUT2D eigenvalue weighted by atomic mass is 9.82. The van der Waals surface area contributed by atoms with Crippen molar-refractivity contribution in [3.63, 3.8) is 0 Å². The molecule has 204 valence electrons. The van der Waals surface area contributed by atoms with Crippen LogP contribution in [0.15, 0.2) is 169 Å². The Balaban J connectivity index is 1.76. The van der Waals surface area contributed by atoms with Crippen molar-refractivity contribution in [2.45, 2.75) is 0 Å². The van der Waals surface area contributed by atoms with Crippen LogP contribution in [0.5, 0.6) is 0 Å². The Kier molecular flexibility index (Phi) is 2.24. The second-order valence-corrected chi connectivity index (χ2v) is 9.58. The highest BCUT2D eigenvalue weighted by Gasteiger charge is 2.20. The molecule has 0 bridgehead atoms. The van der Waals surface area contributed by atoms with Gasteiger partial charge in [0.25, 0.3) is 0 Å². The molecule has 0 saturated carbocycles. The van der Waals surface area contributed by atoms with Gasteiger partial charge in [-0.3, -0.25) is 0 Å². The largest absolute Gasteiger partial charge is 0.0636 e. The van der Waals surface area contributed by atoms with Crippen LogP contribution in [0.3, 0.4) is 0 Å². The molecule has 0 atom stereocenters. The van der Waals surface area contributed by atoms with Gasteiger partial charge in [-0.25, -0.2) is 0 Å². The Morgan fingerprint density at radius 1 is 0.295 bits per heavy atom. The number of rotatable bonds is 3. The maximum Gasteiger partial charge on any atom is 0.0636 e. The van der Waals surface area contributed by atoms with Crippen molar-refractivity contribution in [1.82, 2.24) is 0 Å². The minimum Gasteiger partial charge on any atom is -0.0616 e. The SMILES string of the molecule is [2H]c1cc2c(-c3c4c([2H])c([2H])c([2H])c([2H])c4c(-c4c([2H])c([2H])c([2H])c5c([2H])c([2H])c([2H])c([2H])c45)c4c([2H])c(-c5c([2H])c([2H])c([2H])c6c([2H])c([2H])c([2H])c([2H])c56)c([2H])c([2H])c34)c([2H])c([2H])c([2H])c2c([2H])c1[2H]. The predicted octanol–water partition coefficient (Wildman–Crippen LogP) is 12.5. The summed E-state index contributed by atoms with van der Waals surface area (Å²) in [5.74, 6) is 0. The molecule has 0 aliphatic heterocycles. The minimum absolute atomic E-state index is 0.417. The van der Waals surface area contributed by atoms with Crippen LogP contribution >= 0.6 is 0 Å². The second kappa shape index (κ2) is 9.93. The highest BCUT2D eigenvalue weighted by molar-refractivity contribution is 6.25. The zero-order valence-electron chi connectivity index (χ0n) is 49.1. The standard InChI is InChI=1S/C44H28/c1-4-18-33-29(12-1)15-9-23-36(33)32-26-27-41-42(28-32)44(38-25-11-17-31-14-3-6-20-35(31)38)40-22-8-7-21-39(40)43(41)37-24-10-16-30-13-2-5-19-34(30)37/h1-28H/i1D,2D,3D,4D,5D,6D,7D,8D,9D,10D,11D,12D,13D,14D,15D,16D,17D,18D,20D,21D,22D,23D,24D,25D,26D,27D,28D. The van der Waals surface area contributed by atoms with Crippen LogP contribution in [0.1, 0.15) is 37.0 Å². The van der Waals surface area contributed by atoms with Crippen LogP contribution in [-0.2, 0) is 0 Å². The molecule has 0 heteroatoms. The smallest absolute Gasteiger partial charge is 0.0616 e. The first kappa shape index (κ1) is 9.91. The number of benzene rings is 9. The first-order valence-electron chi connectivity index (χ1n) is 26.6. The molecule has 0 radical (unpaired) electrons. The zero-order valence-corrected chi connectivity index (χ0v) is 22.1. The lowest BCUT2D eigenvalue weighted by molar-refractivity contribution is 1.66. The van der Waals surface area contributed by atoms with Crippen molar-refractivity contribution in [3.8, 4) is 33.4 Å². The van der Waals surface area contributed by atoms with Gasteiger partial charge in [0, 0.05) is 0 Å². The molecule has 0 heterocycles. The Morgan fingerprint density at radius 3 is 1.39 bits per heavy atom. The lowest BCUT2D eigenvalue weighted by Gasteiger charge is -2.20. The third-order valence-electron chi connectivity index (χ3n) is 7.26. The Bertz CT molecular complexity index is 4040. The molecule has 0 N–H and O–H groups in total.